The highest BCUT2D eigenvalue weighted by molar-refractivity contribution is 5.91. The third-order valence-electron chi connectivity index (χ3n) is 0.803. The first-order valence-electron chi connectivity index (χ1n) is 3.15. The van der Waals surface area contributed by atoms with Crippen LogP contribution < -0.4 is 0 Å². The molecule has 0 fully saturated rings. The zero-order valence-electron chi connectivity index (χ0n) is 6.29. The zero-order valence-corrected chi connectivity index (χ0v) is 6.29. The molecule has 0 unspecified atom stereocenters. The summed E-state index contributed by atoms with van der Waals surface area (Å²) >= 11 is 0. The highest BCUT2D eigenvalue weighted by atomic mass is 17.2. The van der Waals surface area contributed by atoms with Gasteiger partial charge >= 0.3 is 5.97 Å². The van der Waals surface area contributed by atoms with Gasteiger partial charge in [-0.25, -0.2) is 4.79 Å². The lowest BCUT2D eigenvalue weighted by molar-refractivity contribution is -0.267. The summed E-state index contributed by atoms with van der Waals surface area (Å²) in [6, 6.07) is 1.54. The number of hydrogen-bond acceptors (Lipinski definition) is 4. The minimum atomic E-state index is -0.832. The van der Waals surface area contributed by atoms with Crippen LogP contribution in [0.3, 0.4) is 0 Å². The summed E-state index contributed by atoms with van der Waals surface area (Å²) in [4.78, 5) is 19.2. The van der Waals surface area contributed by atoms with Crippen LogP contribution in [0.25, 0.3) is 0 Å². The summed E-state index contributed by atoms with van der Waals surface area (Å²) < 4.78 is 0. The van der Waals surface area contributed by atoms with Crippen molar-refractivity contribution in [2.45, 2.75) is 13.3 Å². The van der Waals surface area contributed by atoms with Gasteiger partial charge in [0.15, 0.2) is 0 Å². The van der Waals surface area contributed by atoms with E-state index in [0.717, 1.165) is 6.42 Å². The summed E-state index contributed by atoms with van der Waals surface area (Å²) in [6.07, 6.45) is 0.742. The lowest BCUT2D eigenvalue weighted by Gasteiger charge is -1.98. The molecular weight excluding hydrogens is 146 g/mol. The Kier molecular flexibility index (Phi) is 4.78. The summed E-state index contributed by atoms with van der Waals surface area (Å²) in [6.45, 7) is 5.33. The normalized spacial score (nSPS) is 8.36. The van der Waals surface area contributed by atoms with Crippen LogP contribution >= 0.6 is 0 Å². The lowest BCUT2D eigenvalue weighted by Crippen LogP contribution is -2.06. The van der Waals surface area contributed by atoms with Crippen LogP contribution in [0.4, 0.5) is 0 Å². The molecule has 0 radical (unpaired) electrons. The van der Waals surface area contributed by atoms with E-state index in [0.29, 0.717) is 6.61 Å². The highest BCUT2D eigenvalue weighted by Gasteiger charge is 2.07. The molecule has 0 aliphatic carbocycles. The Morgan fingerprint density at radius 2 is 2.36 bits per heavy atom. The van der Waals surface area contributed by atoms with Crippen LogP contribution in [-0.4, -0.2) is 12.6 Å². The molecule has 0 aromatic carbocycles. The second-order valence-electron chi connectivity index (χ2n) is 1.78. The molecule has 0 N–H and O–H groups in total. The standard InChI is InChI=1S/C7H9NO3/c1-3-4-10-11-7(9)6(2)5-8/h2-4H2,1H3. The van der Waals surface area contributed by atoms with Gasteiger partial charge in [0, 0.05) is 0 Å². The van der Waals surface area contributed by atoms with Crippen molar-refractivity contribution in [3.63, 3.8) is 0 Å². The monoisotopic (exact) mass is 155 g/mol. The molecule has 0 heterocycles. The molecule has 11 heavy (non-hydrogen) atoms. The van der Waals surface area contributed by atoms with Crippen molar-refractivity contribution in [1.29, 1.82) is 5.26 Å². The minimum absolute atomic E-state index is 0.263. The van der Waals surface area contributed by atoms with Gasteiger partial charge in [-0.15, -0.1) is 0 Å². The molecule has 0 aromatic heterocycles. The number of carbonyl (C=O) groups is 1. The van der Waals surface area contributed by atoms with Crippen LogP contribution in [-0.2, 0) is 14.6 Å². The van der Waals surface area contributed by atoms with E-state index < -0.39 is 5.97 Å². The maximum Gasteiger partial charge on any atom is 0.382 e. The van der Waals surface area contributed by atoms with Gasteiger partial charge in [-0.3, -0.25) is 4.89 Å². The van der Waals surface area contributed by atoms with Crippen molar-refractivity contribution >= 4 is 5.97 Å². The Balaban J connectivity index is 3.55. The van der Waals surface area contributed by atoms with Gasteiger partial charge in [-0.1, -0.05) is 13.5 Å². The average molecular weight is 155 g/mol. The van der Waals surface area contributed by atoms with Gasteiger partial charge in [0.25, 0.3) is 0 Å². The molecule has 0 atom stereocenters. The van der Waals surface area contributed by atoms with Crippen LogP contribution in [0, 0.1) is 11.3 Å². The molecular formula is C7H9NO3. The molecule has 0 spiro atoms. The zero-order chi connectivity index (χ0) is 8.69. The molecule has 0 aromatic rings. The van der Waals surface area contributed by atoms with Crippen LogP contribution in [0.5, 0.6) is 0 Å². The summed E-state index contributed by atoms with van der Waals surface area (Å²) in [7, 11) is 0. The largest absolute Gasteiger partial charge is 0.382 e. The van der Waals surface area contributed by atoms with Crippen LogP contribution in [0.2, 0.25) is 0 Å². The molecule has 0 saturated heterocycles. The SMILES string of the molecule is C=C(C#N)C(=O)OOCCC. The third kappa shape index (κ3) is 4.12. The Hall–Kier alpha value is -1.34. The van der Waals surface area contributed by atoms with Crippen molar-refractivity contribution in [3.05, 3.63) is 12.2 Å². The maximum absolute atomic E-state index is 10.6. The quantitative estimate of drug-likeness (QED) is 0.199. The minimum Gasteiger partial charge on any atom is -0.292 e. The van der Waals surface area contributed by atoms with Gasteiger partial charge in [0.05, 0.1) is 6.61 Å². The van der Waals surface area contributed by atoms with Gasteiger partial charge in [0.2, 0.25) is 0 Å². The first-order chi connectivity index (χ1) is 5.22. The van der Waals surface area contributed by atoms with E-state index in [1.807, 2.05) is 6.92 Å². The second kappa shape index (κ2) is 5.45. The number of nitrogens with zero attached hydrogens (tertiary/aromatic N) is 1. The Bertz CT molecular complexity index is 192. The molecule has 0 amide bonds. The predicted octanol–water partition coefficient (Wildman–Crippen LogP) is 0.951. The topological polar surface area (TPSA) is 59.3 Å². The van der Waals surface area contributed by atoms with Gasteiger partial charge in [-0.2, -0.15) is 10.1 Å². The van der Waals surface area contributed by atoms with Crippen LogP contribution in [0.1, 0.15) is 13.3 Å². The second-order valence-corrected chi connectivity index (χ2v) is 1.78. The molecule has 0 aliphatic heterocycles. The molecule has 4 heteroatoms. The molecule has 4 nitrogen and oxygen atoms in total. The fourth-order valence-corrected chi connectivity index (χ4v) is 0.274. The first-order valence-corrected chi connectivity index (χ1v) is 3.15. The van der Waals surface area contributed by atoms with E-state index >= 15 is 0 Å². The van der Waals surface area contributed by atoms with E-state index in [1.165, 1.54) is 0 Å². The van der Waals surface area contributed by atoms with Gasteiger partial charge < -0.3 is 0 Å². The van der Waals surface area contributed by atoms with Gasteiger partial charge in [0.1, 0.15) is 11.6 Å². The molecule has 0 rings (SSSR count). The average Bonchev–Trinajstić information content (AvgIpc) is 2.03. The fraction of sp³-hybridized carbons (Fsp3) is 0.429. The Morgan fingerprint density at radius 1 is 1.73 bits per heavy atom. The van der Waals surface area contributed by atoms with E-state index in [-0.39, 0.29) is 5.57 Å². The van der Waals surface area contributed by atoms with E-state index in [4.69, 9.17) is 5.26 Å². The summed E-state index contributed by atoms with van der Waals surface area (Å²) in [5, 5.41) is 8.16. The predicted molar refractivity (Wildman–Crippen MR) is 37.1 cm³/mol. The van der Waals surface area contributed by atoms with E-state index in [2.05, 4.69) is 16.4 Å². The van der Waals surface area contributed by atoms with Crippen molar-refractivity contribution in [2.24, 2.45) is 0 Å². The third-order valence-corrected chi connectivity index (χ3v) is 0.803. The lowest BCUT2D eigenvalue weighted by atomic mass is 10.4. The first kappa shape index (κ1) is 9.66. The number of carbonyl (C=O) groups excluding carboxylic acids is 1. The van der Waals surface area contributed by atoms with Crippen molar-refractivity contribution in [1.82, 2.24) is 0 Å². The van der Waals surface area contributed by atoms with Crippen molar-refractivity contribution in [3.8, 4) is 6.07 Å². The molecule has 0 saturated carbocycles. The molecule has 0 aliphatic rings. The Labute approximate surface area is 64.9 Å². The number of hydrogen-bond donors (Lipinski definition) is 0. The van der Waals surface area contributed by atoms with E-state index in [1.54, 1.807) is 6.07 Å². The summed E-state index contributed by atoms with van der Waals surface area (Å²) in [5.41, 5.74) is -0.263. The molecule has 0 bridgehead atoms. The summed E-state index contributed by atoms with van der Waals surface area (Å²) in [5.74, 6) is -0.832. The maximum atomic E-state index is 10.6. The smallest absolute Gasteiger partial charge is 0.292 e. The van der Waals surface area contributed by atoms with Crippen molar-refractivity contribution in [2.75, 3.05) is 6.61 Å². The molecule has 60 valence electrons. The highest BCUT2D eigenvalue weighted by Crippen LogP contribution is 1.93. The Morgan fingerprint density at radius 3 is 2.82 bits per heavy atom. The van der Waals surface area contributed by atoms with E-state index in [9.17, 15) is 4.79 Å². The number of nitriles is 1. The van der Waals surface area contributed by atoms with Gasteiger partial charge in [-0.05, 0) is 6.42 Å². The number of rotatable bonds is 4. The van der Waals surface area contributed by atoms with Crippen LogP contribution in [0.15, 0.2) is 12.2 Å². The van der Waals surface area contributed by atoms with Crippen molar-refractivity contribution < 1.29 is 14.6 Å². The fourth-order valence-electron chi connectivity index (χ4n) is 0.274.